The first-order valence-electron chi connectivity index (χ1n) is 9.58. The molecule has 2 unspecified atom stereocenters. The fraction of sp³-hybridized carbons (Fsp3) is 0.600. The van der Waals surface area contributed by atoms with E-state index in [4.69, 9.17) is 9.47 Å². The number of rotatable bonds is 2. The molecule has 0 bridgehead atoms. The molecule has 2 aliphatic rings. The molecule has 1 aromatic rings. The highest BCUT2D eigenvalue weighted by atomic mass is 19.4. The number of piperidine rings is 1. The van der Waals surface area contributed by atoms with E-state index in [1.54, 1.807) is 15.9 Å². The van der Waals surface area contributed by atoms with Gasteiger partial charge in [0.1, 0.15) is 0 Å². The average Bonchev–Trinajstić information content (AvgIpc) is 2.72. The van der Waals surface area contributed by atoms with Crippen molar-refractivity contribution in [1.82, 2.24) is 9.80 Å². The number of hydrogen-bond acceptors (Lipinski definition) is 4. The van der Waals surface area contributed by atoms with Crippen LogP contribution in [-0.4, -0.2) is 68.3 Å². The van der Waals surface area contributed by atoms with E-state index in [9.17, 15) is 22.8 Å². The van der Waals surface area contributed by atoms with Crippen molar-refractivity contribution in [2.24, 2.45) is 5.92 Å². The van der Waals surface area contributed by atoms with E-state index < -0.39 is 23.6 Å². The fourth-order valence-corrected chi connectivity index (χ4v) is 3.99. The molecule has 2 saturated heterocycles. The zero-order chi connectivity index (χ0) is 21.2. The molecule has 9 heteroatoms. The molecule has 0 aromatic heterocycles. The lowest BCUT2D eigenvalue weighted by atomic mass is 9.83. The third kappa shape index (κ3) is 4.83. The SMILES string of the molecule is COC(=O)C1CC(c2ccc(C)c(C(F)(F)F)c2)CN(C(=O)N2CCOCC2)C1. The first-order valence-corrected chi connectivity index (χ1v) is 9.58. The molecule has 0 spiro atoms. The quantitative estimate of drug-likeness (QED) is 0.698. The van der Waals surface area contributed by atoms with Crippen LogP contribution in [0.3, 0.4) is 0 Å². The number of morpholine rings is 1. The van der Waals surface area contributed by atoms with Crippen molar-refractivity contribution in [2.45, 2.75) is 25.4 Å². The van der Waals surface area contributed by atoms with Crippen LogP contribution in [0.5, 0.6) is 0 Å². The molecule has 2 atom stereocenters. The minimum atomic E-state index is -4.46. The third-order valence-corrected chi connectivity index (χ3v) is 5.58. The molecule has 2 amide bonds. The number of esters is 1. The number of hydrogen-bond donors (Lipinski definition) is 0. The number of aryl methyl sites for hydroxylation is 1. The molecule has 0 N–H and O–H groups in total. The molecule has 2 heterocycles. The van der Waals surface area contributed by atoms with Crippen molar-refractivity contribution in [1.29, 1.82) is 0 Å². The number of halogens is 3. The monoisotopic (exact) mass is 414 g/mol. The summed E-state index contributed by atoms with van der Waals surface area (Å²) in [6.07, 6.45) is -4.13. The molecule has 0 radical (unpaired) electrons. The van der Waals surface area contributed by atoms with Gasteiger partial charge in [-0.1, -0.05) is 12.1 Å². The number of amides is 2. The summed E-state index contributed by atoms with van der Waals surface area (Å²) in [6.45, 7) is 3.64. The lowest BCUT2D eigenvalue weighted by Crippen LogP contribution is -2.53. The third-order valence-electron chi connectivity index (χ3n) is 5.58. The number of nitrogens with zero attached hydrogens (tertiary/aromatic N) is 2. The molecule has 29 heavy (non-hydrogen) atoms. The molecular formula is C20H25F3N2O4. The van der Waals surface area contributed by atoms with Crippen LogP contribution in [0.15, 0.2) is 18.2 Å². The smallest absolute Gasteiger partial charge is 0.416 e. The van der Waals surface area contributed by atoms with Gasteiger partial charge in [-0.2, -0.15) is 13.2 Å². The van der Waals surface area contributed by atoms with Crippen molar-refractivity contribution in [2.75, 3.05) is 46.5 Å². The second kappa shape index (κ2) is 8.61. The number of alkyl halides is 3. The Morgan fingerprint density at radius 3 is 2.45 bits per heavy atom. The van der Waals surface area contributed by atoms with Crippen molar-refractivity contribution in [3.63, 3.8) is 0 Å². The highest BCUT2D eigenvalue weighted by molar-refractivity contribution is 5.77. The van der Waals surface area contributed by atoms with E-state index in [1.165, 1.54) is 20.1 Å². The lowest BCUT2D eigenvalue weighted by Gasteiger charge is -2.40. The van der Waals surface area contributed by atoms with Crippen LogP contribution < -0.4 is 0 Å². The molecule has 2 aliphatic heterocycles. The number of ether oxygens (including phenoxy) is 2. The number of benzene rings is 1. The highest BCUT2D eigenvalue weighted by Crippen LogP contribution is 2.37. The van der Waals surface area contributed by atoms with E-state index in [0.29, 0.717) is 38.3 Å². The van der Waals surface area contributed by atoms with E-state index in [1.807, 2.05) is 0 Å². The number of likely N-dealkylation sites (tertiary alicyclic amines) is 1. The van der Waals surface area contributed by atoms with Gasteiger partial charge in [0.05, 0.1) is 31.8 Å². The minimum Gasteiger partial charge on any atom is -0.469 e. The van der Waals surface area contributed by atoms with Gasteiger partial charge in [0.2, 0.25) is 0 Å². The Bertz CT molecular complexity index is 763. The first kappa shape index (κ1) is 21.4. The summed E-state index contributed by atoms with van der Waals surface area (Å²) in [5.41, 5.74) is -0.0830. The molecule has 6 nitrogen and oxygen atoms in total. The van der Waals surface area contributed by atoms with Crippen LogP contribution in [0.1, 0.15) is 29.0 Å². The van der Waals surface area contributed by atoms with Crippen LogP contribution in [-0.2, 0) is 20.4 Å². The molecule has 2 fully saturated rings. The predicted molar refractivity (Wildman–Crippen MR) is 98.4 cm³/mol. The fourth-order valence-electron chi connectivity index (χ4n) is 3.99. The number of methoxy groups -OCH3 is 1. The van der Waals surface area contributed by atoms with Gasteiger partial charge in [0.15, 0.2) is 0 Å². The maximum absolute atomic E-state index is 13.3. The van der Waals surface area contributed by atoms with Gasteiger partial charge in [0.25, 0.3) is 0 Å². The summed E-state index contributed by atoms with van der Waals surface area (Å²) in [4.78, 5) is 28.3. The van der Waals surface area contributed by atoms with Gasteiger partial charge in [-0.15, -0.1) is 0 Å². The van der Waals surface area contributed by atoms with Crippen LogP contribution in [0, 0.1) is 12.8 Å². The summed E-state index contributed by atoms with van der Waals surface area (Å²) in [5.74, 6) is -1.43. The van der Waals surface area contributed by atoms with Crippen molar-refractivity contribution in [3.8, 4) is 0 Å². The van der Waals surface area contributed by atoms with Gasteiger partial charge in [-0.05, 0) is 30.5 Å². The Morgan fingerprint density at radius 2 is 1.83 bits per heavy atom. The van der Waals surface area contributed by atoms with Crippen LogP contribution >= 0.6 is 0 Å². The van der Waals surface area contributed by atoms with Crippen molar-refractivity contribution >= 4 is 12.0 Å². The van der Waals surface area contributed by atoms with Crippen molar-refractivity contribution in [3.05, 3.63) is 34.9 Å². The Labute approximate surface area is 167 Å². The average molecular weight is 414 g/mol. The highest BCUT2D eigenvalue weighted by Gasteiger charge is 2.38. The maximum atomic E-state index is 13.3. The maximum Gasteiger partial charge on any atom is 0.416 e. The Hall–Kier alpha value is -2.29. The van der Waals surface area contributed by atoms with Gasteiger partial charge in [0, 0.05) is 32.1 Å². The van der Waals surface area contributed by atoms with Gasteiger partial charge in [-0.25, -0.2) is 4.79 Å². The van der Waals surface area contributed by atoms with Gasteiger partial charge < -0.3 is 19.3 Å². The Kier molecular flexibility index (Phi) is 6.36. The normalized spacial score (nSPS) is 23.1. The van der Waals surface area contributed by atoms with Crippen LogP contribution in [0.2, 0.25) is 0 Å². The van der Waals surface area contributed by atoms with Gasteiger partial charge in [-0.3, -0.25) is 4.79 Å². The van der Waals surface area contributed by atoms with E-state index in [2.05, 4.69) is 0 Å². The second-order valence-corrected chi connectivity index (χ2v) is 7.51. The molecule has 160 valence electrons. The summed E-state index contributed by atoms with van der Waals surface area (Å²) in [7, 11) is 1.27. The molecule has 3 rings (SSSR count). The first-order chi connectivity index (χ1) is 13.7. The summed E-state index contributed by atoms with van der Waals surface area (Å²) >= 11 is 0. The zero-order valence-corrected chi connectivity index (χ0v) is 16.5. The lowest BCUT2D eigenvalue weighted by molar-refractivity contribution is -0.147. The van der Waals surface area contributed by atoms with Crippen LogP contribution in [0.4, 0.5) is 18.0 Å². The van der Waals surface area contributed by atoms with E-state index in [-0.39, 0.29) is 30.6 Å². The second-order valence-electron chi connectivity index (χ2n) is 7.51. The largest absolute Gasteiger partial charge is 0.469 e. The Balaban J connectivity index is 1.87. The molecule has 0 aliphatic carbocycles. The number of carbonyl (C=O) groups is 2. The van der Waals surface area contributed by atoms with E-state index in [0.717, 1.165) is 6.07 Å². The predicted octanol–water partition coefficient (Wildman–Crippen LogP) is 3.04. The number of urea groups is 1. The topological polar surface area (TPSA) is 59.1 Å². The molecule has 0 saturated carbocycles. The van der Waals surface area contributed by atoms with Crippen molar-refractivity contribution < 1.29 is 32.2 Å². The summed E-state index contributed by atoms with van der Waals surface area (Å²) in [5, 5.41) is 0. The zero-order valence-electron chi connectivity index (χ0n) is 16.5. The summed E-state index contributed by atoms with van der Waals surface area (Å²) in [6, 6.07) is 3.99. The minimum absolute atomic E-state index is 0.142. The van der Waals surface area contributed by atoms with Crippen LogP contribution in [0.25, 0.3) is 0 Å². The molecular weight excluding hydrogens is 389 g/mol. The standard InChI is InChI=1S/C20H25F3N2O4/c1-13-3-4-14(10-17(13)20(21,22)23)15-9-16(18(26)28-2)12-25(11-15)19(27)24-5-7-29-8-6-24/h3-4,10,15-16H,5-9,11-12H2,1-2H3. The van der Waals surface area contributed by atoms with E-state index >= 15 is 0 Å². The number of carbonyl (C=O) groups excluding carboxylic acids is 2. The summed E-state index contributed by atoms with van der Waals surface area (Å²) < 4.78 is 50.2. The molecule has 1 aromatic carbocycles. The Morgan fingerprint density at radius 1 is 1.14 bits per heavy atom. The van der Waals surface area contributed by atoms with Gasteiger partial charge >= 0.3 is 18.2 Å².